The molecule has 84 heavy (non-hydrogen) atoms. The van der Waals surface area contributed by atoms with Gasteiger partial charge in [-0.2, -0.15) is 0 Å². The minimum atomic E-state index is 0.975. The lowest BCUT2D eigenvalue weighted by atomic mass is 9.85. The van der Waals surface area contributed by atoms with E-state index in [9.17, 15) is 0 Å². The number of aromatic nitrogens is 2. The van der Waals surface area contributed by atoms with Gasteiger partial charge in [0.15, 0.2) is 0 Å². The van der Waals surface area contributed by atoms with Crippen LogP contribution in [0.5, 0.6) is 0 Å². The number of hydrogen-bond acceptors (Lipinski definition) is 2. The molecule has 0 N–H and O–H groups in total. The van der Waals surface area contributed by atoms with Gasteiger partial charge in [0.1, 0.15) is 0 Å². The van der Waals surface area contributed by atoms with E-state index in [0.717, 1.165) is 51.4 Å². The molecule has 0 saturated carbocycles. The zero-order valence-corrected chi connectivity index (χ0v) is 48.9. The van der Waals surface area contributed by atoms with Crippen molar-refractivity contribution < 1.29 is 0 Å². The Morgan fingerprint density at radius 1 is 0.321 bits per heavy atom. The molecule has 0 radical (unpaired) electrons. The van der Waals surface area contributed by atoms with E-state index in [1.54, 1.807) is 0 Å². The Balaban J connectivity index is 1.03. The van der Waals surface area contributed by atoms with Crippen LogP contribution in [0.4, 0.5) is 34.1 Å². The SMILES string of the molecule is CCCc1cc(N(c2cccc3c2CCCC3)c2cccc3c2c2ccccc2n3-c2ccc(C)cc2)c2ccc3c(CCC)cc(N(c4cccc5c4CCCC5)c4cccc5c4c4ccccc4n5-c4ccc(C)cc4)c4ccc1c2c34. The Morgan fingerprint density at radius 2 is 0.702 bits per heavy atom. The van der Waals surface area contributed by atoms with E-state index in [2.05, 4.69) is 253 Å². The van der Waals surface area contributed by atoms with Crippen molar-refractivity contribution in [1.29, 1.82) is 0 Å². The van der Waals surface area contributed by atoms with Crippen molar-refractivity contribution in [3.8, 4) is 11.4 Å². The number of fused-ring (bicyclic) bond motifs is 8. The summed E-state index contributed by atoms with van der Waals surface area (Å²) in [6.07, 6.45) is 13.2. The first-order chi connectivity index (χ1) is 41.4. The summed E-state index contributed by atoms with van der Waals surface area (Å²) in [6.45, 7) is 9.08. The van der Waals surface area contributed by atoms with Crippen LogP contribution in [0.3, 0.4) is 0 Å². The fourth-order valence-electron chi connectivity index (χ4n) is 15.5. The van der Waals surface area contributed by atoms with Gasteiger partial charge in [0.25, 0.3) is 0 Å². The molecule has 0 aliphatic heterocycles. The molecule has 16 rings (SSSR count). The Bertz CT molecular complexity index is 4590. The van der Waals surface area contributed by atoms with Crippen molar-refractivity contribution in [2.45, 2.75) is 105 Å². The maximum absolute atomic E-state index is 2.73. The molecule has 0 spiro atoms. The highest BCUT2D eigenvalue weighted by molar-refractivity contribution is 6.30. The smallest absolute Gasteiger partial charge is 0.0562 e. The molecule has 2 aromatic heterocycles. The highest BCUT2D eigenvalue weighted by atomic mass is 15.2. The first kappa shape index (κ1) is 50.6. The van der Waals surface area contributed by atoms with Gasteiger partial charge in [-0.1, -0.05) is 159 Å². The van der Waals surface area contributed by atoms with E-state index in [-0.39, 0.29) is 0 Å². The Morgan fingerprint density at radius 3 is 1.14 bits per heavy atom. The largest absolute Gasteiger partial charge is 0.309 e. The first-order valence-electron chi connectivity index (χ1n) is 31.2. The second-order valence-corrected chi connectivity index (χ2v) is 24.3. The number of anilines is 6. The average molecular weight is 1090 g/mol. The molecule has 4 heteroatoms. The van der Waals surface area contributed by atoms with E-state index < -0.39 is 0 Å². The third-order valence-electron chi connectivity index (χ3n) is 19.2. The molecular formula is C80H70N4. The molecule has 0 atom stereocenters. The minimum absolute atomic E-state index is 0.975. The van der Waals surface area contributed by atoms with Crippen LogP contribution >= 0.6 is 0 Å². The van der Waals surface area contributed by atoms with E-state index in [0.29, 0.717) is 0 Å². The summed E-state index contributed by atoms with van der Waals surface area (Å²) < 4.78 is 4.98. The van der Waals surface area contributed by atoms with Gasteiger partial charge in [0, 0.05) is 55.1 Å². The van der Waals surface area contributed by atoms with Crippen LogP contribution in [0.15, 0.2) is 206 Å². The fraction of sp³-hybridized carbons (Fsp3) is 0.200. The van der Waals surface area contributed by atoms with Crippen molar-refractivity contribution in [1.82, 2.24) is 9.13 Å². The number of para-hydroxylation sites is 2. The Hall–Kier alpha value is -9.12. The van der Waals surface area contributed by atoms with Gasteiger partial charge in [-0.15, -0.1) is 0 Å². The maximum Gasteiger partial charge on any atom is 0.0562 e. The monoisotopic (exact) mass is 1090 g/mol. The summed E-state index contributed by atoms with van der Waals surface area (Å²) >= 11 is 0. The van der Waals surface area contributed by atoms with Crippen molar-refractivity contribution in [2.24, 2.45) is 0 Å². The second-order valence-electron chi connectivity index (χ2n) is 24.3. The van der Waals surface area contributed by atoms with Crippen molar-refractivity contribution in [3.63, 3.8) is 0 Å². The van der Waals surface area contributed by atoms with Crippen LogP contribution in [0.25, 0.3) is 87.3 Å². The van der Waals surface area contributed by atoms with Crippen LogP contribution in [-0.2, 0) is 38.5 Å². The average Bonchev–Trinajstić information content (AvgIpc) is 1.55. The van der Waals surface area contributed by atoms with E-state index in [1.807, 2.05) is 0 Å². The topological polar surface area (TPSA) is 16.3 Å². The predicted octanol–water partition coefficient (Wildman–Crippen LogP) is 22.0. The highest BCUT2D eigenvalue weighted by Crippen LogP contribution is 2.54. The van der Waals surface area contributed by atoms with Crippen molar-refractivity contribution in [2.75, 3.05) is 9.80 Å². The summed E-state index contributed by atoms with van der Waals surface area (Å²) in [6, 6.07) is 80.1. The van der Waals surface area contributed by atoms with Crippen molar-refractivity contribution >= 4 is 110 Å². The van der Waals surface area contributed by atoms with E-state index in [4.69, 9.17) is 0 Å². The summed E-state index contributed by atoms with van der Waals surface area (Å²) in [5, 5.41) is 13.1. The molecule has 2 heterocycles. The Labute approximate surface area is 493 Å². The number of hydrogen-bond donors (Lipinski definition) is 0. The maximum atomic E-state index is 2.73. The number of rotatable bonds is 12. The lowest BCUT2D eigenvalue weighted by Crippen LogP contribution is -2.17. The van der Waals surface area contributed by atoms with Crippen molar-refractivity contribution in [3.05, 3.63) is 251 Å². The van der Waals surface area contributed by atoms with Gasteiger partial charge >= 0.3 is 0 Å². The van der Waals surface area contributed by atoms with Gasteiger partial charge in [-0.3, -0.25) is 0 Å². The molecule has 0 bridgehead atoms. The molecule has 0 saturated heterocycles. The third-order valence-corrected chi connectivity index (χ3v) is 19.2. The lowest BCUT2D eigenvalue weighted by Gasteiger charge is -2.34. The molecule has 2 aliphatic carbocycles. The predicted molar refractivity (Wildman–Crippen MR) is 359 cm³/mol. The first-order valence-corrected chi connectivity index (χ1v) is 31.2. The number of benzene rings is 12. The molecule has 410 valence electrons. The summed E-state index contributed by atoms with van der Waals surface area (Å²) in [5.74, 6) is 0. The van der Waals surface area contributed by atoms with Gasteiger partial charge in [0.2, 0.25) is 0 Å². The minimum Gasteiger partial charge on any atom is -0.309 e. The van der Waals surface area contributed by atoms with Gasteiger partial charge in [-0.05, 0) is 218 Å². The fourth-order valence-corrected chi connectivity index (χ4v) is 15.5. The zero-order valence-electron chi connectivity index (χ0n) is 48.9. The van der Waals surface area contributed by atoms with Gasteiger partial charge < -0.3 is 18.9 Å². The summed E-state index contributed by atoms with van der Waals surface area (Å²) in [4.78, 5) is 5.45. The normalized spacial score (nSPS) is 13.5. The quantitative estimate of drug-likeness (QED) is 0.113. The number of aryl methyl sites for hydroxylation is 6. The summed E-state index contributed by atoms with van der Waals surface area (Å²) in [5.41, 5.74) is 26.0. The molecule has 2 aliphatic rings. The highest BCUT2D eigenvalue weighted by Gasteiger charge is 2.31. The van der Waals surface area contributed by atoms with Crippen LogP contribution in [0, 0.1) is 13.8 Å². The molecule has 12 aromatic carbocycles. The molecule has 0 unspecified atom stereocenters. The van der Waals surface area contributed by atoms with Gasteiger partial charge in [0.05, 0.1) is 44.8 Å². The molecule has 0 fully saturated rings. The lowest BCUT2D eigenvalue weighted by molar-refractivity contribution is 0.686. The van der Waals surface area contributed by atoms with Crippen LogP contribution in [-0.4, -0.2) is 9.13 Å². The molecule has 0 amide bonds. The molecule has 14 aromatic rings. The molecule has 4 nitrogen and oxygen atoms in total. The van der Waals surface area contributed by atoms with E-state index >= 15 is 0 Å². The van der Waals surface area contributed by atoms with Crippen LogP contribution < -0.4 is 9.80 Å². The zero-order chi connectivity index (χ0) is 56.2. The standard InChI is InChI=1S/C80H70N4/c1-5-19-55-49-75(83(67-31-15-23-53-21-7-9-25-59(53)67)73-35-17-33-71-79(73)63-27-11-13-29-69(63)81(71)57-41-37-51(3)38-42-57)65-48-46-62-56(20-6-2)50-76(66-47-45-61(55)77(65)78(62)66)84(68-32-16-24-54-22-8-10-26-60(54)68)74-36-18-34-72-80(74)64-28-12-14-30-70(64)82(72)58-43-39-52(4)40-44-58/h11-18,23-24,27-50H,5-10,19-22,25-26H2,1-4H3. The van der Waals surface area contributed by atoms with Gasteiger partial charge in [-0.25, -0.2) is 0 Å². The van der Waals surface area contributed by atoms with Crippen LogP contribution in [0.2, 0.25) is 0 Å². The number of nitrogens with zero attached hydrogens (tertiary/aromatic N) is 4. The second kappa shape index (κ2) is 20.3. The Kier molecular flexibility index (Phi) is 12.3. The van der Waals surface area contributed by atoms with E-state index in [1.165, 1.54) is 192 Å². The summed E-state index contributed by atoms with van der Waals surface area (Å²) in [7, 11) is 0. The third kappa shape index (κ3) is 7.86. The molecular weight excluding hydrogens is 1020 g/mol. The van der Waals surface area contributed by atoms with Crippen LogP contribution in [0.1, 0.15) is 96.9 Å².